The summed E-state index contributed by atoms with van der Waals surface area (Å²) in [4.78, 5) is 17.6. The molecule has 2 atom stereocenters. The van der Waals surface area contributed by atoms with E-state index in [4.69, 9.17) is 23.8 Å². The second-order valence-electron chi connectivity index (χ2n) is 13.2. The van der Waals surface area contributed by atoms with E-state index in [2.05, 4.69) is 95.9 Å². The maximum atomic E-state index is 6.53. The molecule has 0 bridgehead atoms. The third-order valence-electron chi connectivity index (χ3n) is 10.3. The van der Waals surface area contributed by atoms with Crippen molar-refractivity contribution in [2.45, 2.75) is 12.0 Å². The van der Waals surface area contributed by atoms with Crippen LogP contribution in [0.4, 0.5) is 11.4 Å². The van der Waals surface area contributed by atoms with Crippen molar-refractivity contribution < 1.29 is 8.83 Å². The molecule has 0 saturated heterocycles. The van der Waals surface area contributed by atoms with Gasteiger partial charge in [0.25, 0.3) is 0 Å². The van der Waals surface area contributed by atoms with Crippen LogP contribution in [0, 0.1) is 0 Å². The lowest BCUT2D eigenvalue weighted by molar-refractivity contribution is 0.584. The Hall–Kier alpha value is -6.79. The van der Waals surface area contributed by atoms with E-state index < -0.39 is 0 Å². The Morgan fingerprint density at radius 3 is 1.98 bits per heavy atom. The lowest BCUT2D eigenvalue weighted by Gasteiger charge is -2.30. The molecular formula is C45H28N4O2. The Labute approximate surface area is 293 Å². The third-order valence-corrected chi connectivity index (χ3v) is 10.3. The molecule has 9 aromatic rings. The van der Waals surface area contributed by atoms with Crippen LogP contribution >= 0.6 is 0 Å². The minimum absolute atomic E-state index is 0.0993. The predicted octanol–water partition coefficient (Wildman–Crippen LogP) is 11.2. The van der Waals surface area contributed by atoms with E-state index in [9.17, 15) is 0 Å². The van der Waals surface area contributed by atoms with Crippen molar-refractivity contribution in [3.63, 3.8) is 0 Å². The van der Waals surface area contributed by atoms with Gasteiger partial charge < -0.3 is 13.7 Å². The topological polar surface area (TPSA) is 68.2 Å². The number of furan rings is 2. The normalized spacial score (nSPS) is 16.1. The highest BCUT2D eigenvalue weighted by molar-refractivity contribution is 6.05. The number of para-hydroxylation sites is 3. The maximum absolute atomic E-state index is 6.53. The zero-order valence-corrected chi connectivity index (χ0v) is 27.3. The highest BCUT2D eigenvalue weighted by Crippen LogP contribution is 2.53. The Morgan fingerprint density at radius 1 is 0.490 bits per heavy atom. The van der Waals surface area contributed by atoms with Gasteiger partial charge in [0.2, 0.25) is 0 Å². The summed E-state index contributed by atoms with van der Waals surface area (Å²) in [6.07, 6.45) is 4.42. The highest BCUT2D eigenvalue weighted by Gasteiger charge is 2.43. The first-order valence-electron chi connectivity index (χ1n) is 17.2. The molecule has 240 valence electrons. The highest BCUT2D eigenvalue weighted by atomic mass is 16.3. The van der Waals surface area contributed by atoms with E-state index in [1.54, 1.807) is 0 Å². The molecule has 3 aromatic heterocycles. The van der Waals surface area contributed by atoms with Crippen LogP contribution in [0.2, 0.25) is 0 Å². The molecule has 6 nitrogen and oxygen atoms in total. The molecule has 2 unspecified atom stereocenters. The molecular weight excluding hydrogens is 629 g/mol. The van der Waals surface area contributed by atoms with Crippen LogP contribution in [0.15, 0.2) is 161 Å². The van der Waals surface area contributed by atoms with Crippen LogP contribution in [0.3, 0.4) is 0 Å². The summed E-state index contributed by atoms with van der Waals surface area (Å²) < 4.78 is 12.8. The largest absolute Gasteiger partial charge is 0.456 e. The fraction of sp³-hybridized carbons (Fsp3) is 0.0444. The van der Waals surface area contributed by atoms with E-state index in [0.29, 0.717) is 17.5 Å². The van der Waals surface area contributed by atoms with Gasteiger partial charge in [-0.3, -0.25) is 0 Å². The molecule has 1 aliphatic heterocycles. The van der Waals surface area contributed by atoms with E-state index in [0.717, 1.165) is 55.4 Å². The zero-order chi connectivity index (χ0) is 33.5. The standard InChI is InChI=1S/C45H28N4O2/c1-3-11-27(12-4-1)43-46-44(48-45(47-43)29-19-21-32-31-15-8-10-18-37(31)51-40(32)26-29)28-20-23-38-34(25-28)42-39(50-38)24-22-36-41(42)33-16-7-9-17-35(33)49(36)30-13-5-2-6-14-30/h1-26,36,41H. The minimum atomic E-state index is 0.0993. The van der Waals surface area contributed by atoms with Crippen molar-refractivity contribution in [3.8, 4) is 34.2 Å². The van der Waals surface area contributed by atoms with Gasteiger partial charge in [0.1, 0.15) is 22.5 Å². The summed E-state index contributed by atoms with van der Waals surface area (Å²) >= 11 is 0. The second-order valence-corrected chi connectivity index (χ2v) is 13.2. The van der Waals surface area contributed by atoms with Crippen LogP contribution in [0.1, 0.15) is 22.8 Å². The second kappa shape index (κ2) is 10.9. The quantitative estimate of drug-likeness (QED) is 0.188. The van der Waals surface area contributed by atoms with Gasteiger partial charge in [-0.2, -0.15) is 0 Å². The van der Waals surface area contributed by atoms with Gasteiger partial charge in [-0.15, -0.1) is 0 Å². The van der Waals surface area contributed by atoms with Crippen molar-refractivity contribution in [2.24, 2.45) is 0 Å². The molecule has 0 fully saturated rings. The number of rotatable bonds is 4. The van der Waals surface area contributed by atoms with Crippen LogP contribution in [-0.4, -0.2) is 21.0 Å². The van der Waals surface area contributed by atoms with Crippen molar-refractivity contribution >= 4 is 50.4 Å². The van der Waals surface area contributed by atoms with Crippen LogP contribution < -0.4 is 4.90 Å². The summed E-state index contributed by atoms with van der Waals surface area (Å²) in [5, 5.41) is 3.22. The Balaban J connectivity index is 1.08. The maximum Gasteiger partial charge on any atom is 0.164 e. The number of anilines is 2. The van der Waals surface area contributed by atoms with Gasteiger partial charge in [0, 0.05) is 55.7 Å². The molecule has 6 heteroatoms. The van der Waals surface area contributed by atoms with Gasteiger partial charge >= 0.3 is 0 Å². The molecule has 0 saturated carbocycles. The lowest BCUT2D eigenvalue weighted by atomic mass is 9.82. The Morgan fingerprint density at radius 2 is 1.14 bits per heavy atom. The first-order chi connectivity index (χ1) is 25.3. The molecule has 0 radical (unpaired) electrons. The average Bonchev–Trinajstić information content (AvgIpc) is 3.87. The number of hydrogen-bond donors (Lipinski definition) is 0. The summed E-state index contributed by atoms with van der Waals surface area (Å²) in [5.74, 6) is 2.79. The molecule has 0 amide bonds. The van der Waals surface area contributed by atoms with E-state index in [1.807, 2.05) is 66.7 Å². The monoisotopic (exact) mass is 656 g/mol. The first-order valence-corrected chi connectivity index (χ1v) is 17.2. The number of hydrogen-bond acceptors (Lipinski definition) is 6. The van der Waals surface area contributed by atoms with Crippen molar-refractivity contribution in [3.05, 3.63) is 169 Å². The fourth-order valence-electron chi connectivity index (χ4n) is 8.01. The van der Waals surface area contributed by atoms with Crippen LogP contribution in [0.5, 0.6) is 0 Å². The van der Waals surface area contributed by atoms with E-state index >= 15 is 0 Å². The van der Waals surface area contributed by atoms with Gasteiger partial charge in [0.05, 0.1) is 6.04 Å². The molecule has 2 aliphatic rings. The van der Waals surface area contributed by atoms with Crippen molar-refractivity contribution in [1.29, 1.82) is 0 Å². The summed E-state index contributed by atoms with van der Waals surface area (Å²) in [5.41, 5.74) is 10.1. The molecule has 6 aromatic carbocycles. The number of aromatic nitrogens is 3. The fourth-order valence-corrected chi connectivity index (χ4v) is 8.01. The van der Waals surface area contributed by atoms with Gasteiger partial charge in [-0.1, -0.05) is 97.1 Å². The minimum Gasteiger partial charge on any atom is -0.456 e. The summed E-state index contributed by atoms with van der Waals surface area (Å²) in [7, 11) is 0. The van der Waals surface area contributed by atoms with Crippen molar-refractivity contribution in [1.82, 2.24) is 15.0 Å². The third kappa shape index (κ3) is 4.33. The van der Waals surface area contributed by atoms with Crippen LogP contribution in [-0.2, 0) is 0 Å². The van der Waals surface area contributed by atoms with Gasteiger partial charge in [-0.05, 0) is 66.2 Å². The molecule has 51 heavy (non-hydrogen) atoms. The zero-order valence-electron chi connectivity index (χ0n) is 27.3. The van der Waals surface area contributed by atoms with Gasteiger partial charge in [-0.25, -0.2) is 15.0 Å². The van der Waals surface area contributed by atoms with Crippen LogP contribution in [0.25, 0.3) is 73.1 Å². The molecule has 4 heterocycles. The smallest absolute Gasteiger partial charge is 0.164 e. The molecule has 11 rings (SSSR count). The predicted molar refractivity (Wildman–Crippen MR) is 203 cm³/mol. The Bertz CT molecular complexity index is 2840. The number of nitrogens with zero attached hydrogens (tertiary/aromatic N) is 4. The summed E-state index contributed by atoms with van der Waals surface area (Å²) in [6.45, 7) is 0. The SMILES string of the molecule is C1=CC2C(c3ccccc3N2c2ccccc2)c2c1oc1ccc(-c3nc(-c4ccccc4)nc(-c4ccc5c(c4)oc4ccccc45)n3)cc21. The molecule has 0 spiro atoms. The lowest BCUT2D eigenvalue weighted by Crippen LogP contribution is -2.30. The average molecular weight is 657 g/mol. The summed E-state index contributed by atoms with van der Waals surface area (Å²) in [6, 6.07) is 50.1. The Kier molecular flexibility index (Phi) is 5.98. The van der Waals surface area contributed by atoms with Gasteiger partial charge in [0.15, 0.2) is 17.5 Å². The van der Waals surface area contributed by atoms with E-state index in [-0.39, 0.29) is 12.0 Å². The molecule has 1 aliphatic carbocycles. The van der Waals surface area contributed by atoms with E-state index in [1.165, 1.54) is 22.5 Å². The van der Waals surface area contributed by atoms with Crippen molar-refractivity contribution in [2.75, 3.05) is 4.90 Å². The molecule has 0 N–H and O–H groups in total. The number of benzene rings is 6. The number of fused-ring (bicyclic) bond motifs is 10. The first kappa shape index (κ1) is 28.1.